The number of hydrogen-bond acceptors (Lipinski definition) is 2. The largest absolute Gasteiger partial charge is 0.516 e. The molecule has 4 rings (SSSR count). The van der Waals surface area contributed by atoms with Crippen LogP contribution in [0.1, 0.15) is 11.1 Å². The second-order valence-electron chi connectivity index (χ2n) is 7.00. The van der Waals surface area contributed by atoms with Gasteiger partial charge in [0.25, 0.3) is 0 Å². The van der Waals surface area contributed by atoms with E-state index < -0.39 is 21.6 Å². The molecule has 3 aromatic rings. The van der Waals surface area contributed by atoms with Gasteiger partial charge in [-0.2, -0.15) is 21.6 Å². The van der Waals surface area contributed by atoms with E-state index in [-0.39, 0.29) is 12.1 Å². The highest BCUT2D eigenvalue weighted by Gasteiger charge is 2.53. The standard InChI is InChI=1S/C23H18F3NO2S/c24-23(25,26)30(28,29)27-21(13-11-17-7-3-1-4-8-17)16-20-15-19(12-14-22(20)27)18-9-5-2-6-10-18/h1-15,21H,16H2/b13-11+/t21-/m1/s1. The van der Waals surface area contributed by atoms with Crippen molar-refractivity contribution in [2.24, 2.45) is 0 Å². The van der Waals surface area contributed by atoms with Gasteiger partial charge in [0.1, 0.15) is 0 Å². The molecule has 1 aliphatic rings. The van der Waals surface area contributed by atoms with E-state index in [4.69, 9.17) is 0 Å². The van der Waals surface area contributed by atoms with E-state index in [1.165, 1.54) is 12.1 Å². The lowest BCUT2D eigenvalue weighted by molar-refractivity contribution is -0.0439. The Morgan fingerprint density at radius 2 is 1.50 bits per heavy atom. The van der Waals surface area contributed by atoms with Crippen LogP contribution in [0.15, 0.2) is 84.9 Å². The summed E-state index contributed by atoms with van der Waals surface area (Å²) >= 11 is 0. The van der Waals surface area contributed by atoms with Crippen molar-refractivity contribution >= 4 is 21.8 Å². The topological polar surface area (TPSA) is 37.4 Å². The molecular formula is C23H18F3NO2S. The maximum absolute atomic E-state index is 13.4. The molecule has 1 heterocycles. The van der Waals surface area contributed by atoms with Crippen molar-refractivity contribution in [3.63, 3.8) is 0 Å². The smallest absolute Gasteiger partial charge is 0.255 e. The van der Waals surface area contributed by atoms with E-state index >= 15 is 0 Å². The van der Waals surface area contributed by atoms with E-state index in [2.05, 4.69) is 0 Å². The first-order chi connectivity index (χ1) is 14.3. The number of fused-ring (bicyclic) bond motifs is 1. The summed E-state index contributed by atoms with van der Waals surface area (Å²) < 4.78 is 65.4. The summed E-state index contributed by atoms with van der Waals surface area (Å²) in [7, 11) is -5.54. The summed E-state index contributed by atoms with van der Waals surface area (Å²) in [5, 5.41) is 0. The minimum absolute atomic E-state index is 0.0646. The van der Waals surface area contributed by atoms with Crippen molar-refractivity contribution in [1.82, 2.24) is 0 Å². The first-order valence-electron chi connectivity index (χ1n) is 9.30. The maximum Gasteiger partial charge on any atom is 0.516 e. The lowest BCUT2D eigenvalue weighted by Crippen LogP contribution is -2.44. The molecule has 3 aromatic carbocycles. The zero-order valence-corrected chi connectivity index (χ0v) is 16.6. The van der Waals surface area contributed by atoms with Crippen LogP contribution < -0.4 is 4.31 Å². The third kappa shape index (κ3) is 3.73. The summed E-state index contributed by atoms with van der Waals surface area (Å²) in [5.41, 5.74) is -2.24. The first kappa shape index (κ1) is 20.2. The Morgan fingerprint density at radius 1 is 0.867 bits per heavy atom. The van der Waals surface area contributed by atoms with Crippen LogP contribution in [0.25, 0.3) is 17.2 Å². The minimum Gasteiger partial charge on any atom is -0.255 e. The Bertz CT molecular complexity index is 1170. The summed E-state index contributed by atoms with van der Waals surface area (Å²) in [6.07, 6.45) is 3.32. The number of benzene rings is 3. The summed E-state index contributed by atoms with van der Waals surface area (Å²) in [4.78, 5) is 0. The second kappa shape index (κ2) is 7.65. The molecule has 0 bridgehead atoms. The second-order valence-corrected chi connectivity index (χ2v) is 8.80. The van der Waals surface area contributed by atoms with Gasteiger partial charge >= 0.3 is 15.5 Å². The molecule has 0 unspecified atom stereocenters. The molecule has 30 heavy (non-hydrogen) atoms. The molecule has 0 amide bonds. The average Bonchev–Trinajstić information content (AvgIpc) is 3.11. The van der Waals surface area contributed by atoms with Gasteiger partial charge in [0, 0.05) is 0 Å². The molecule has 0 saturated heterocycles. The van der Waals surface area contributed by atoms with Crippen LogP contribution in [-0.4, -0.2) is 20.0 Å². The van der Waals surface area contributed by atoms with Crippen LogP contribution in [-0.2, 0) is 16.4 Å². The molecule has 0 aliphatic carbocycles. The van der Waals surface area contributed by atoms with Gasteiger partial charge in [-0.25, -0.2) is 0 Å². The summed E-state index contributed by atoms with van der Waals surface area (Å²) in [6.45, 7) is 0. The molecule has 7 heteroatoms. The van der Waals surface area contributed by atoms with Crippen LogP contribution >= 0.6 is 0 Å². The molecule has 0 fully saturated rings. The van der Waals surface area contributed by atoms with Crippen molar-refractivity contribution in [1.29, 1.82) is 0 Å². The molecular weight excluding hydrogens is 411 g/mol. The lowest BCUT2D eigenvalue weighted by atomic mass is 10.0. The van der Waals surface area contributed by atoms with Crippen molar-refractivity contribution in [2.75, 3.05) is 4.31 Å². The van der Waals surface area contributed by atoms with E-state index in [1.54, 1.807) is 42.5 Å². The quantitative estimate of drug-likeness (QED) is 0.538. The van der Waals surface area contributed by atoms with Gasteiger partial charge < -0.3 is 0 Å². The van der Waals surface area contributed by atoms with Crippen LogP contribution in [0.2, 0.25) is 0 Å². The molecule has 0 aromatic heterocycles. The monoisotopic (exact) mass is 429 g/mol. The maximum atomic E-state index is 13.4. The van der Waals surface area contributed by atoms with Crippen LogP contribution in [0.3, 0.4) is 0 Å². The van der Waals surface area contributed by atoms with Crippen LogP contribution in [0, 0.1) is 0 Å². The van der Waals surface area contributed by atoms with Crippen molar-refractivity contribution in [2.45, 2.75) is 18.0 Å². The van der Waals surface area contributed by atoms with E-state index in [0.717, 1.165) is 16.7 Å². The van der Waals surface area contributed by atoms with Gasteiger partial charge in [0.15, 0.2) is 0 Å². The third-order valence-electron chi connectivity index (χ3n) is 5.02. The molecule has 1 aliphatic heterocycles. The fraction of sp³-hybridized carbons (Fsp3) is 0.130. The normalized spacial score (nSPS) is 16.8. The predicted octanol–water partition coefficient (Wildman–Crippen LogP) is 5.65. The fourth-order valence-electron chi connectivity index (χ4n) is 3.61. The van der Waals surface area contributed by atoms with Gasteiger partial charge in [-0.15, -0.1) is 0 Å². The Labute approximate surface area is 173 Å². The summed E-state index contributed by atoms with van der Waals surface area (Å²) in [6, 6.07) is 22.4. The summed E-state index contributed by atoms with van der Waals surface area (Å²) in [5.74, 6) is 0. The SMILES string of the molecule is O=S(=O)(N1c2ccc(-c3ccccc3)cc2C[C@H]1/C=C/c1ccccc1)C(F)(F)F. The lowest BCUT2D eigenvalue weighted by Gasteiger charge is -2.26. The molecule has 0 N–H and O–H groups in total. The third-order valence-corrected chi connectivity index (χ3v) is 6.59. The molecule has 3 nitrogen and oxygen atoms in total. The Kier molecular flexibility index (Phi) is 5.15. The highest BCUT2D eigenvalue weighted by Crippen LogP contribution is 2.42. The highest BCUT2D eigenvalue weighted by atomic mass is 32.2. The number of anilines is 1. The number of hydrogen-bond donors (Lipinski definition) is 0. The average molecular weight is 429 g/mol. The van der Waals surface area contributed by atoms with Gasteiger partial charge in [-0.05, 0) is 40.8 Å². The first-order valence-corrected chi connectivity index (χ1v) is 10.7. The van der Waals surface area contributed by atoms with Gasteiger partial charge in [0.05, 0.1) is 11.7 Å². The van der Waals surface area contributed by atoms with Gasteiger partial charge in [-0.3, -0.25) is 4.31 Å². The molecule has 154 valence electrons. The van der Waals surface area contributed by atoms with E-state index in [1.807, 2.05) is 36.4 Å². The molecule has 0 radical (unpaired) electrons. The number of alkyl halides is 3. The zero-order valence-electron chi connectivity index (χ0n) is 15.8. The Hall–Kier alpha value is -3.06. The number of sulfonamides is 1. The van der Waals surface area contributed by atoms with E-state index in [9.17, 15) is 21.6 Å². The zero-order chi connectivity index (χ0) is 21.4. The van der Waals surface area contributed by atoms with Gasteiger partial charge in [-0.1, -0.05) is 78.9 Å². The minimum atomic E-state index is -5.54. The highest BCUT2D eigenvalue weighted by molar-refractivity contribution is 7.93. The molecule has 1 atom stereocenters. The number of rotatable bonds is 4. The molecule has 0 saturated carbocycles. The van der Waals surface area contributed by atoms with Crippen molar-refractivity contribution < 1.29 is 21.6 Å². The number of nitrogens with zero attached hydrogens (tertiary/aromatic N) is 1. The number of halogens is 3. The van der Waals surface area contributed by atoms with Gasteiger partial charge in [0.2, 0.25) is 0 Å². The van der Waals surface area contributed by atoms with Crippen LogP contribution in [0.4, 0.5) is 18.9 Å². The van der Waals surface area contributed by atoms with E-state index in [0.29, 0.717) is 9.87 Å². The van der Waals surface area contributed by atoms with Crippen molar-refractivity contribution in [3.05, 3.63) is 96.1 Å². The van der Waals surface area contributed by atoms with Crippen molar-refractivity contribution in [3.8, 4) is 11.1 Å². The fourth-order valence-corrected chi connectivity index (χ4v) is 4.77. The molecule has 0 spiro atoms. The Morgan fingerprint density at radius 3 is 2.13 bits per heavy atom. The Balaban J connectivity index is 1.77. The van der Waals surface area contributed by atoms with Crippen LogP contribution in [0.5, 0.6) is 0 Å². The predicted molar refractivity (Wildman–Crippen MR) is 112 cm³/mol.